The summed E-state index contributed by atoms with van der Waals surface area (Å²) in [5.74, 6) is -3.45. The molecule has 31 heavy (non-hydrogen) atoms. The van der Waals surface area contributed by atoms with E-state index in [0.717, 1.165) is 0 Å². The van der Waals surface area contributed by atoms with Crippen molar-refractivity contribution in [2.24, 2.45) is 17.4 Å². The highest BCUT2D eigenvalue weighted by atomic mass is 32.2. The number of carbonyl (C=O) groups excluding carboxylic acids is 4. The molecule has 0 aliphatic heterocycles. The average molecular weight is 462 g/mol. The molecule has 0 aliphatic rings. The van der Waals surface area contributed by atoms with Crippen LogP contribution in [0.15, 0.2) is 0 Å². The topological polar surface area (TPSA) is 194 Å². The van der Waals surface area contributed by atoms with E-state index in [4.69, 9.17) is 11.5 Å². The zero-order valence-corrected chi connectivity index (χ0v) is 19.3. The predicted octanol–water partition coefficient (Wildman–Crippen LogP) is -1.06. The van der Waals surface area contributed by atoms with E-state index in [9.17, 15) is 29.1 Å². The molecule has 0 spiro atoms. The quantitative estimate of drug-likeness (QED) is 0.177. The fourth-order valence-corrected chi connectivity index (χ4v) is 3.04. The maximum atomic E-state index is 12.9. The maximum Gasteiger partial charge on any atom is 0.326 e. The van der Waals surface area contributed by atoms with Crippen LogP contribution < -0.4 is 27.4 Å². The van der Waals surface area contributed by atoms with E-state index in [1.807, 2.05) is 13.2 Å². The minimum atomic E-state index is -1.32. The second-order valence-corrected chi connectivity index (χ2v) is 8.39. The van der Waals surface area contributed by atoms with Crippen LogP contribution in [0.3, 0.4) is 0 Å². The molecule has 0 aliphatic carbocycles. The fourth-order valence-electron chi connectivity index (χ4n) is 2.57. The van der Waals surface area contributed by atoms with E-state index in [0.29, 0.717) is 12.2 Å². The Bertz CT molecular complexity index is 645. The molecular weight excluding hydrogens is 426 g/mol. The summed E-state index contributed by atoms with van der Waals surface area (Å²) in [6.45, 7) is 5.14. The predicted molar refractivity (Wildman–Crippen MR) is 118 cm³/mol. The van der Waals surface area contributed by atoms with Gasteiger partial charge in [0.15, 0.2) is 0 Å². The van der Waals surface area contributed by atoms with Gasteiger partial charge in [0.25, 0.3) is 0 Å². The lowest BCUT2D eigenvalue weighted by molar-refractivity contribution is -0.142. The van der Waals surface area contributed by atoms with Gasteiger partial charge in [-0.15, -0.1) is 0 Å². The highest BCUT2D eigenvalue weighted by molar-refractivity contribution is 7.98. The van der Waals surface area contributed by atoms with Gasteiger partial charge >= 0.3 is 5.97 Å². The lowest BCUT2D eigenvalue weighted by Gasteiger charge is -2.27. The number of carboxylic acids is 1. The summed E-state index contributed by atoms with van der Waals surface area (Å²) in [6.07, 6.45) is 2.29. The number of carboxylic acid groups (broad SMARTS) is 1. The van der Waals surface area contributed by atoms with Crippen molar-refractivity contribution in [3.63, 3.8) is 0 Å². The van der Waals surface area contributed by atoms with E-state index in [1.165, 1.54) is 18.7 Å². The number of hydrogen-bond acceptors (Lipinski definition) is 7. The molecule has 5 unspecified atom stereocenters. The maximum absolute atomic E-state index is 12.9. The first kappa shape index (κ1) is 28.7. The average Bonchev–Trinajstić information content (AvgIpc) is 2.70. The van der Waals surface area contributed by atoms with E-state index in [2.05, 4.69) is 16.0 Å². The van der Waals surface area contributed by atoms with Gasteiger partial charge in [0.1, 0.15) is 18.1 Å². The molecule has 0 fully saturated rings. The SMILES string of the molecule is CCC(C)C(NC(=O)C(C)N)C(=O)NC(CCSC)C(=O)NC(CCC(N)=O)C(=O)O. The summed E-state index contributed by atoms with van der Waals surface area (Å²) in [4.78, 5) is 60.0. The number of primary amides is 1. The first-order valence-electron chi connectivity index (χ1n) is 10.1. The summed E-state index contributed by atoms with van der Waals surface area (Å²) >= 11 is 1.45. The van der Waals surface area contributed by atoms with Crippen molar-refractivity contribution in [2.75, 3.05) is 12.0 Å². The molecule has 0 rings (SSSR count). The van der Waals surface area contributed by atoms with Gasteiger partial charge in [-0.05, 0) is 37.7 Å². The van der Waals surface area contributed by atoms with Crippen LogP contribution in [0, 0.1) is 5.92 Å². The molecule has 178 valence electrons. The van der Waals surface area contributed by atoms with E-state index >= 15 is 0 Å². The standard InChI is InChI=1S/C19H35N5O6S/c1-5-10(2)15(24-16(26)11(3)20)18(28)22-12(8-9-31-4)17(27)23-13(19(29)30)6-7-14(21)25/h10-13,15H,5-9,20H2,1-4H3,(H2,21,25)(H,22,28)(H,23,27)(H,24,26)(H,29,30). The van der Waals surface area contributed by atoms with Crippen molar-refractivity contribution in [1.29, 1.82) is 0 Å². The van der Waals surface area contributed by atoms with Crippen molar-refractivity contribution >= 4 is 41.4 Å². The zero-order valence-electron chi connectivity index (χ0n) is 18.5. The molecule has 0 aromatic carbocycles. The molecule has 0 heterocycles. The Morgan fingerprint density at radius 1 is 0.935 bits per heavy atom. The van der Waals surface area contributed by atoms with Crippen molar-refractivity contribution < 1.29 is 29.1 Å². The number of thioether (sulfide) groups is 1. The lowest BCUT2D eigenvalue weighted by Crippen LogP contribution is -2.58. The van der Waals surface area contributed by atoms with Gasteiger partial charge in [0.05, 0.1) is 6.04 Å². The fraction of sp³-hybridized carbons (Fsp3) is 0.737. The molecule has 4 amide bonds. The Balaban J connectivity index is 5.43. The van der Waals surface area contributed by atoms with Crippen molar-refractivity contribution in [2.45, 2.75) is 70.6 Å². The van der Waals surface area contributed by atoms with Gasteiger partial charge < -0.3 is 32.5 Å². The molecule has 0 bridgehead atoms. The highest BCUT2D eigenvalue weighted by Crippen LogP contribution is 2.10. The third-order valence-corrected chi connectivity index (χ3v) is 5.39. The van der Waals surface area contributed by atoms with E-state index < -0.39 is 53.8 Å². The van der Waals surface area contributed by atoms with Gasteiger partial charge in [-0.2, -0.15) is 11.8 Å². The minimum absolute atomic E-state index is 0.167. The van der Waals surface area contributed by atoms with Crippen LogP contribution in [0.2, 0.25) is 0 Å². The Labute approximate surface area is 186 Å². The lowest BCUT2D eigenvalue weighted by atomic mass is 9.97. The number of nitrogens with one attached hydrogen (secondary N) is 3. The monoisotopic (exact) mass is 461 g/mol. The molecule has 0 radical (unpaired) electrons. The van der Waals surface area contributed by atoms with Gasteiger partial charge in [-0.3, -0.25) is 19.2 Å². The Morgan fingerprint density at radius 2 is 1.52 bits per heavy atom. The van der Waals surface area contributed by atoms with Crippen LogP contribution in [-0.4, -0.2) is 70.9 Å². The van der Waals surface area contributed by atoms with Crippen LogP contribution >= 0.6 is 11.8 Å². The van der Waals surface area contributed by atoms with Crippen molar-refractivity contribution in [1.82, 2.24) is 16.0 Å². The first-order chi connectivity index (χ1) is 14.4. The third-order valence-electron chi connectivity index (χ3n) is 4.74. The first-order valence-corrected chi connectivity index (χ1v) is 11.5. The van der Waals surface area contributed by atoms with Crippen LogP contribution in [0.5, 0.6) is 0 Å². The summed E-state index contributed by atoms with van der Waals surface area (Å²) in [5, 5.41) is 16.9. The van der Waals surface area contributed by atoms with Crippen LogP contribution in [-0.2, 0) is 24.0 Å². The van der Waals surface area contributed by atoms with E-state index in [-0.39, 0.29) is 25.2 Å². The van der Waals surface area contributed by atoms with Gasteiger partial charge in [0, 0.05) is 6.42 Å². The summed E-state index contributed by atoms with van der Waals surface area (Å²) in [7, 11) is 0. The number of carbonyl (C=O) groups is 5. The van der Waals surface area contributed by atoms with Gasteiger partial charge in [-0.1, -0.05) is 20.3 Å². The number of aliphatic carboxylic acids is 1. The Hall–Kier alpha value is -2.34. The summed E-state index contributed by atoms with van der Waals surface area (Å²) in [6, 6.07) is -4.05. The van der Waals surface area contributed by atoms with Crippen LogP contribution in [0.1, 0.15) is 46.5 Å². The molecular formula is C19H35N5O6S. The van der Waals surface area contributed by atoms with Gasteiger partial charge in [-0.25, -0.2) is 4.79 Å². The number of nitrogens with two attached hydrogens (primary N) is 2. The van der Waals surface area contributed by atoms with Gasteiger partial charge in [0.2, 0.25) is 23.6 Å². The van der Waals surface area contributed by atoms with E-state index in [1.54, 1.807) is 6.92 Å². The normalized spacial score (nSPS) is 15.6. The highest BCUT2D eigenvalue weighted by Gasteiger charge is 2.31. The number of hydrogen-bond donors (Lipinski definition) is 6. The second-order valence-electron chi connectivity index (χ2n) is 7.41. The third kappa shape index (κ3) is 11.0. The molecule has 5 atom stereocenters. The summed E-state index contributed by atoms with van der Waals surface area (Å²) < 4.78 is 0. The molecule has 11 nitrogen and oxygen atoms in total. The minimum Gasteiger partial charge on any atom is -0.480 e. The number of rotatable bonds is 15. The molecule has 0 saturated carbocycles. The van der Waals surface area contributed by atoms with Crippen molar-refractivity contribution in [3.05, 3.63) is 0 Å². The second kappa shape index (κ2) is 14.6. The van der Waals surface area contributed by atoms with Crippen LogP contribution in [0.4, 0.5) is 0 Å². The Kier molecular flexibility index (Phi) is 13.5. The van der Waals surface area contributed by atoms with Crippen molar-refractivity contribution in [3.8, 4) is 0 Å². The molecule has 0 aromatic heterocycles. The molecule has 0 aromatic rings. The molecule has 12 heteroatoms. The largest absolute Gasteiger partial charge is 0.480 e. The number of amides is 4. The zero-order chi connectivity index (χ0) is 24.1. The smallest absolute Gasteiger partial charge is 0.326 e. The summed E-state index contributed by atoms with van der Waals surface area (Å²) in [5.41, 5.74) is 10.6. The molecule has 8 N–H and O–H groups in total. The molecule has 0 saturated heterocycles. The Morgan fingerprint density at radius 3 is 1.97 bits per heavy atom. The van der Waals surface area contributed by atoms with Crippen LogP contribution in [0.25, 0.3) is 0 Å².